The van der Waals surface area contributed by atoms with E-state index < -0.39 is 11.2 Å². The molecule has 2 aromatic rings. The smallest absolute Gasteiger partial charge is 0.330 e. The molecule has 0 saturated carbocycles. The van der Waals surface area contributed by atoms with Gasteiger partial charge in [0.2, 0.25) is 5.91 Å². The molecule has 0 radical (unpaired) electrons. The SMILES string of the molecule is CCCCn1c(N)c(N(CC)C(=O)CN(C)Cc2ccc(Br)cc2)c(=O)[nH]c1=O. The lowest BCUT2D eigenvalue weighted by Crippen LogP contribution is -2.44. The Bertz CT molecular complexity index is 952. The number of nitrogens with one attached hydrogen (secondary N) is 1. The number of aromatic nitrogens is 2. The minimum Gasteiger partial charge on any atom is -0.383 e. The summed E-state index contributed by atoms with van der Waals surface area (Å²) in [5.74, 6) is -0.233. The highest BCUT2D eigenvalue weighted by molar-refractivity contribution is 9.10. The van der Waals surface area contributed by atoms with E-state index in [0.717, 1.165) is 22.9 Å². The summed E-state index contributed by atoms with van der Waals surface area (Å²) < 4.78 is 2.31. The fourth-order valence-corrected chi connectivity index (χ4v) is 3.37. The highest BCUT2D eigenvalue weighted by Gasteiger charge is 2.23. The number of carbonyl (C=O) groups excluding carboxylic acids is 1. The monoisotopic (exact) mass is 465 g/mol. The van der Waals surface area contributed by atoms with Gasteiger partial charge in [-0.25, -0.2) is 4.79 Å². The van der Waals surface area contributed by atoms with Crippen LogP contribution in [0.2, 0.25) is 0 Å². The summed E-state index contributed by atoms with van der Waals surface area (Å²) in [7, 11) is 1.84. The Kier molecular flexibility index (Phi) is 8.21. The third kappa shape index (κ3) is 5.80. The van der Waals surface area contributed by atoms with Gasteiger partial charge in [-0.05, 0) is 38.1 Å². The van der Waals surface area contributed by atoms with Crippen LogP contribution in [0.4, 0.5) is 11.5 Å². The molecule has 0 bridgehead atoms. The van der Waals surface area contributed by atoms with Gasteiger partial charge in [0.05, 0.1) is 6.54 Å². The van der Waals surface area contributed by atoms with Crippen molar-refractivity contribution in [1.82, 2.24) is 14.5 Å². The van der Waals surface area contributed by atoms with Crippen molar-refractivity contribution >= 4 is 33.3 Å². The average Bonchev–Trinajstić information content (AvgIpc) is 2.66. The number of H-pyrrole nitrogens is 1. The van der Waals surface area contributed by atoms with Crippen LogP contribution in [0.1, 0.15) is 32.3 Å². The minimum atomic E-state index is -0.647. The quantitative estimate of drug-likeness (QED) is 0.590. The maximum atomic E-state index is 12.9. The lowest BCUT2D eigenvalue weighted by atomic mass is 10.2. The lowest BCUT2D eigenvalue weighted by Gasteiger charge is -2.25. The molecule has 1 heterocycles. The summed E-state index contributed by atoms with van der Waals surface area (Å²) >= 11 is 3.40. The number of anilines is 2. The number of likely N-dealkylation sites (N-methyl/N-ethyl adjacent to an activating group) is 2. The van der Waals surface area contributed by atoms with Gasteiger partial charge < -0.3 is 10.6 Å². The Labute approximate surface area is 178 Å². The predicted octanol–water partition coefficient (Wildman–Crippen LogP) is 2.17. The van der Waals surface area contributed by atoms with Crippen LogP contribution in [0, 0.1) is 0 Å². The molecule has 0 aliphatic heterocycles. The van der Waals surface area contributed by atoms with Crippen molar-refractivity contribution in [2.75, 3.05) is 30.8 Å². The molecule has 0 fully saturated rings. The molecule has 0 atom stereocenters. The number of benzene rings is 1. The number of nitrogen functional groups attached to an aromatic ring is 1. The fourth-order valence-electron chi connectivity index (χ4n) is 3.11. The number of amides is 1. The number of carbonyl (C=O) groups is 1. The third-order valence-corrected chi connectivity index (χ3v) is 5.14. The van der Waals surface area contributed by atoms with Gasteiger partial charge in [-0.3, -0.25) is 24.0 Å². The van der Waals surface area contributed by atoms with Crippen molar-refractivity contribution in [2.24, 2.45) is 0 Å². The second-order valence-corrected chi connectivity index (χ2v) is 7.85. The first kappa shape index (κ1) is 22.9. The molecule has 29 heavy (non-hydrogen) atoms. The first-order valence-corrected chi connectivity index (χ1v) is 10.4. The molecule has 2 rings (SSSR count). The summed E-state index contributed by atoms with van der Waals surface area (Å²) in [6.45, 7) is 5.11. The van der Waals surface area contributed by atoms with E-state index in [9.17, 15) is 14.4 Å². The van der Waals surface area contributed by atoms with E-state index in [1.165, 1.54) is 9.47 Å². The first-order valence-electron chi connectivity index (χ1n) is 9.64. The number of nitrogens with zero attached hydrogens (tertiary/aromatic N) is 3. The molecule has 1 aromatic carbocycles. The molecule has 8 nitrogen and oxygen atoms in total. The molecule has 0 unspecified atom stereocenters. The molecule has 0 aliphatic carbocycles. The third-order valence-electron chi connectivity index (χ3n) is 4.61. The van der Waals surface area contributed by atoms with Crippen LogP contribution in [0.3, 0.4) is 0 Å². The zero-order valence-electron chi connectivity index (χ0n) is 17.1. The molecule has 9 heteroatoms. The maximum absolute atomic E-state index is 12.9. The van der Waals surface area contributed by atoms with Gasteiger partial charge in [0.25, 0.3) is 5.56 Å². The van der Waals surface area contributed by atoms with Crippen molar-refractivity contribution in [2.45, 2.75) is 39.8 Å². The van der Waals surface area contributed by atoms with Crippen molar-refractivity contribution < 1.29 is 4.79 Å². The molecule has 0 saturated heterocycles. The molecular weight excluding hydrogens is 438 g/mol. The van der Waals surface area contributed by atoms with Crippen LogP contribution < -0.4 is 21.9 Å². The number of hydrogen-bond acceptors (Lipinski definition) is 5. The van der Waals surface area contributed by atoms with Crippen molar-refractivity contribution in [1.29, 1.82) is 0 Å². The Hall–Kier alpha value is -2.39. The molecule has 1 amide bonds. The van der Waals surface area contributed by atoms with Crippen molar-refractivity contribution in [3.05, 3.63) is 55.1 Å². The van der Waals surface area contributed by atoms with E-state index in [-0.39, 0.29) is 30.5 Å². The van der Waals surface area contributed by atoms with E-state index >= 15 is 0 Å². The molecule has 0 aliphatic rings. The summed E-state index contributed by atoms with van der Waals surface area (Å²) in [5.41, 5.74) is 6.04. The molecule has 158 valence electrons. The molecule has 1 aromatic heterocycles. The first-order chi connectivity index (χ1) is 13.8. The minimum absolute atomic E-state index is 0.0259. The summed E-state index contributed by atoms with van der Waals surface area (Å²) in [4.78, 5) is 43.0. The van der Waals surface area contributed by atoms with Gasteiger partial charge in [0.1, 0.15) is 5.82 Å². The second kappa shape index (κ2) is 10.4. The Morgan fingerprint density at radius 1 is 1.21 bits per heavy atom. The topological polar surface area (TPSA) is 104 Å². The summed E-state index contributed by atoms with van der Waals surface area (Å²) in [6, 6.07) is 7.86. The van der Waals surface area contributed by atoms with Crippen LogP contribution in [-0.2, 0) is 17.9 Å². The number of halogens is 1. The maximum Gasteiger partial charge on any atom is 0.330 e. The molecular formula is C20H28BrN5O3. The number of aromatic amines is 1. The van der Waals surface area contributed by atoms with Gasteiger partial charge in [-0.1, -0.05) is 41.4 Å². The fraction of sp³-hybridized carbons (Fsp3) is 0.450. The van der Waals surface area contributed by atoms with Crippen LogP contribution >= 0.6 is 15.9 Å². The van der Waals surface area contributed by atoms with Gasteiger partial charge in [0.15, 0.2) is 5.69 Å². The van der Waals surface area contributed by atoms with Crippen LogP contribution in [0.15, 0.2) is 38.3 Å². The van der Waals surface area contributed by atoms with Crippen molar-refractivity contribution in [3.63, 3.8) is 0 Å². The van der Waals surface area contributed by atoms with Gasteiger partial charge in [-0.2, -0.15) is 0 Å². The van der Waals surface area contributed by atoms with Gasteiger partial charge in [0, 0.05) is 24.1 Å². The Morgan fingerprint density at radius 2 is 1.86 bits per heavy atom. The van der Waals surface area contributed by atoms with E-state index in [0.29, 0.717) is 13.1 Å². The number of unbranched alkanes of at least 4 members (excludes halogenated alkanes) is 1. The normalized spacial score (nSPS) is 11.1. The molecule has 0 spiro atoms. The highest BCUT2D eigenvalue weighted by atomic mass is 79.9. The van der Waals surface area contributed by atoms with Crippen LogP contribution in [-0.4, -0.2) is 40.5 Å². The number of rotatable bonds is 9. The second-order valence-electron chi connectivity index (χ2n) is 6.94. The summed E-state index contributed by atoms with van der Waals surface area (Å²) in [5, 5.41) is 0. The van der Waals surface area contributed by atoms with Crippen LogP contribution in [0.25, 0.3) is 0 Å². The van der Waals surface area contributed by atoms with E-state index in [1.54, 1.807) is 6.92 Å². The zero-order valence-corrected chi connectivity index (χ0v) is 18.7. The van der Waals surface area contributed by atoms with Gasteiger partial charge in [-0.15, -0.1) is 0 Å². The zero-order chi connectivity index (χ0) is 21.6. The number of hydrogen-bond donors (Lipinski definition) is 2. The molecule has 3 N–H and O–H groups in total. The average molecular weight is 466 g/mol. The van der Waals surface area contributed by atoms with E-state index in [1.807, 2.05) is 43.1 Å². The Balaban J connectivity index is 2.23. The van der Waals surface area contributed by atoms with E-state index in [2.05, 4.69) is 20.9 Å². The lowest BCUT2D eigenvalue weighted by molar-refractivity contribution is -0.119. The summed E-state index contributed by atoms with van der Waals surface area (Å²) in [6.07, 6.45) is 1.61. The number of nitrogens with two attached hydrogens (primary N) is 1. The predicted molar refractivity (Wildman–Crippen MR) is 119 cm³/mol. The van der Waals surface area contributed by atoms with Crippen molar-refractivity contribution in [3.8, 4) is 0 Å². The Morgan fingerprint density at radius 3 is 2.45 bits per heavy atom. The largest absolute Gasteiger partial charge is 0.383 e. The van der Waals surface area contributed by atoms with Gasteiger partial charge >= 0.3 is 5.69 Å². The van der Waals surface area contributed by atoms with Crippen LogP contribution in [0.5, 0.6) is 0 Å². The van der Waals surface area contributed by atoms with E-state index in [4.69, 9.17) is 5.73 Å². The standard InChI is InChI=1S/C20H28BrN5O3/c1-4-6-11-26-18(22)17(19(28)23-20(26)29)25(5-2)16(27)13-24(3)12-14-7-9-15(21)10-8-14/h7-10H,4-6,11-13,22H2,1-3H3,(H,23,28,29). The highest BCUT2D eigenvalue weighted by Crippen LogP contribution is 2.18.